The van der Waals surface area contributed by atoms with Crippen LogP contribution in [0.15, 0.2) is 24.3 Å². The molecule has 1 aliphatic heterocycles. The third kappa shape index (κ3) is 4.57. The molecule has 0 aromatic heterocycles. The van der Waals surface area contributed by atoms with E-state index in [4.69, 9.17) is 4.74 Å². The first-order chi connectivity index (χ1) is 13.6. The van der Waals surface area contributed by atoms with Gasteiger partial charge in [0, 0.05) is 12.1 Å². The molecule has 0 radical (unpaired) electrons. The van der Waals surface area contributed by atoms with Crippen LogP contribution in [0.1, 0.15) is 61.9 Å². The Morgan fingerprint density at radius 3 is 2.55 bits per heavy atom. The third-order valence-corrected chi connectivity index (χ3v) is 5.54. The van der Waals surface area contributed by atoms with Crippen molar-refractivity contribution in [1.29, 1.82) is 0 Å². The number of benzene rings is 1. The second-order valence-electron chi connectivity index (χ2n) is 8.23. The molecule has 2 aliphatic rings. The van der Waals surface area contributed by atoms with Gasteiger partial charge in [-0.2, -0.15) is 13.2 Å². The number of nitrogens with zero attached hydrogens (tertiary/aromatic N) is 1. The third-order valence-electron chi connectivity index (χ3n) is 5.54. The molecule has 1 heterocycles. The van der Waals surface area contributed by atoms with Crippen LogP contribution in [0.5, 0.6) is 0 Å². The highest BCUT2D eigenvalue weighted by Crippen LogP contribution is 2.41. The fraction of sp³-hybridized carbons (Fsp3) is 0.619. The van der Waals surface area contributed by atoms with E-state index >= 15 is 0 Å². The Hall–Kier alpha value is -2.09. The SMILES string of the molecule is CC(C)CNC(=O)C1COC2(CCCCC2)N1C(=O)c1cccc(C(F)(F)F)c1. The minimum atomic E-state index is -4.55. The van der Waals surface area contributed by atoms with Crippen LogP contribution in [-0.4, -0.2) is 41.6 Å². The van der Waals surface area contributed by atoms with E-state index in [-0.39, 0.29) is 24.0 Å². The normalized spacial score (nSPS) is 21.6. The lowest BCUT2D eigenvalue weighted by molar-refractivity contribution is -0.137. The topological polar surface area (TPSA) is 58.6 Å². The minimum Gasteiger partial charge on any atom is -0.354 e. The lowest BCUT2D eigenvalue weighted by Gasteiger charge is -2.41. The number of halogens is 3. The molecule has 1 atom stereocenters. The lowest BCUT2D eigenvalue weighted by atomic mass is 9.89. The summed E-state index contributed by atoms with van der Waals surface area (Å²) in [6.07, 6.45) is -0.716. The number of ether oxygens (including phenoxy) is 1. The van der Waals surface area contributed by atoms with Gasteiger partial charge < -0.3 is 10.1 Å². The van der Waals surface area contributed by atoms with E-state index in [0.29, 0.717) is 19.4 Å². The van der Waals surface area contributed by atoms with Crippen LogP contribution in [0.4, 0.5) is 13.2 Å². The van der Waals surface area contributed by atoms with Gasteiger partial charge in [-0.15, -0.1) is 0 Å². The molecular formula is C21H27F3N2O3. The quantitative estimate of drug-likeness (QED) is 0.814. The molecule has 29 heavy (non-hydrogen) atoms. The van der Waals surface area contributed by atoms with Gasteiger partial charge in [-0.1, -0.05) is 26.3 Å². The second-order valence-corrected chi connectivity index (χ2v) is 8.23. The summed E-state index contributed by atoms with van der Waals surface area (Å²) in [6.45, 7) is 4.42. The van der Waals surface area contributed by atoms with Crippen LogP contribution < -0.4 is 5.32 Å². The van der Waals surface area contributed by atoms with E-state index in [2.05, 4.69) is 5.32 Å². The van der Waals surface area contributed by atoms with Crippen LogP contribution in [-0.2, 0) is 15.7 Å². The molecule has 1 aromatic rings. The zero-order valence-electron chi connectivity index (χ0n) is 16.7. The molecule has 8 heteroatoms. The van der Waals surface area contributed by atoms with E-state index in [1.165, 1.54) is 17.0 Å². The zero-order valence-corrected chi connectivity index (χ0v) is 16.7. The van der Waals surface area contributed by atoms with Gasteiger partial charge in [0.15, 0.2) is 0 Å². The van der Waals surface area contributed by atoms with Gasteiger partial charge in [0.05, 0.1) is 12.2 Å². The van der Waals surface area contributed by atoms with Crippen LogP contribution in [0.3, 0.4) is 0 Å². The molecular weight excluding hydrogens is 385 g/mol. The Kier molecular flexibility index (Phi) is 6.22. The summed E-state index contributed by atoms with van der Waals surface area (Å²) >= 11 is 0. The van der Waals surface area contributed by atoms with Crippen LogP contribution in [0.2, 0.25) is 0 Å². The zero-order chi connectivity index (χ0) is 21.2. The molecule has 1 saturated carbocycles. The number of hydrogen-bond donors (Lipinski definition) is 1. The smallest absolute Gasteiger partial charge is 0.354 e. The van der Waals surface area contributed by atoms with Crippen molar-refractivity contribution in [3.8, 4) is 0 Å². The monoisotopic (exact) mass is 412 g/mol. The highest BCUT2D eigenvalue weighted by molar-refractivity contribution is 5.98. The summed E-state index contributed by atoms with van der Waals surface area (Å²) in [5, 5.41) is 2.83. The summed E-state index contributed by atoms with van der Waals surface area (Å²) in [6, 6.07) is 3.50. The predicted molar refractivity (Wildman–Crippen MR) is 101 cm³/mol. The molecule has 1 aliphatic carbocycles. The van der Waals surface area contributed by atoms with Crippen molar-refractivity contribution in [3.63, 3.8) is 0 Å². The van der Waals surface area contributed by atoms with Crippen molar-refractivity contribution in [1.82, 2.24) is 10.2 Å². The van der Waals surface area contributed by atoms with Gasteiger partial charge in [0.1, 0.15) is 11.8 Å². The molecule has 1 unspecified atom stereocenters. The number of amides is 2. The molecule has 2 amide bonds. The molecule has 1 spiro atoms. The fourth-order valence-electron chi connectivity index (χ4n) is 4.06. The maximum atomic E-state index is 13.4. The summed E-state index contributed by atoms with van der Waals surface area (Å²) in [7, 11) is 0. The summed E-state index contributed by atoms with van der Waals surface area (Å²) in [5.41, 5.74) is -1.90. The number of carbonyl (C=O) groups is 2. The van der Waals surface area contributed by atoms with Crippen molar-refractivity contribution in [2.75, 3.05) is 13.2 Å². The number of alkyl halides is 3. The highest BCUT2D eigenvalue weighted by Gasteiger charge is 2.53. The maximum absolute atomic E-state index is 13.4. The second kappa shape index (κ2) is 8.34. The van der Waals surface area contributed by atoms with Gasteiger partial charge in [-0.25, -0.2) is 0 Å². The number of hydrogen-bond acceptors (Lipinski definition) is 3. The van der Waals surface area contributed by atoms with Crippen LogP contribution in [0, 0.1) is 5.92 Å². The van der Waals surface area contributed by atoms with Gasteiger partial charge in [0.25, 0.3) is 5.91 Å². The molecule has 0 bridgehead atoms. The fourth-order valence-corrected chi connectivity index (χ4v) is 4.06. The van der Waals surface area contributed by atoms with E-state index in [1.807, 2.05) is 13.8 Å². The highest BCUT2D eigenvalue weighted by atomic mass is 19.4. The molecule has 160 valence electrons. The molecule has 1 N–H and O–H groups in total. The van der Waals surface area contributed by atoms with Crippen molar-refractivity contribution in [2.24, 2.45) is 5.92 Å². The molecule has 1 saturated heterocycles. The molecule has 1 aromatic carbocycles. The Morgan fingerprint density at radius 2 is 1.93 bits per heavy atom. The lowest BCUT2D eigenvalue weighted by Crippen LogP contribution is -2.56. The van der Waals surface area contributed by atoms with Gasteiger partial charge >= 0.3 is 6.18 Å². The average molecular weight is 412 g/mol. The van der Waals surface area contributed by atoms with Crippen molar-refractivity contribution in [3.05, 3.63) is 35.4 Å². The predicted octanol–water partition coefficient (Wildman–Crippen LogP) is 3.98. The van der Waals surface area contributed by atoms with Crippen LogP contribution >= 0.6 is 0 Å². The molecule has 2 fully saturated rings. The standard InChI is InChI=1S/C21H27F3N2O3/c1-14(2)12-25-18(27)17-13-29-20(9-4-3-5-10-20)26(17)19(28)15-7-6-8-16(11-15)21(22,23)24/h6-8,11,14,17H,3-5,9-10,12-13H2,1-2H3,(H,25,27). The maximum Gasteiger partial charge on any atom is 0.416 e. The minimum absolute atomic E-state index is 0.0502. The number of rotatable bonds is 4. The van der Waals surface area contributed by atoms with Crippen molar-refractivity contribution < 1.29 is 27.5 Å². The van der Waals surface area contributed by atoms with E-state index in [1.54, 1.807) is 0 Å². The van der Waals surface area contributed by atoms with Crippen molar-refractivity contribution in [2.45, 2.75) is 63.9 Å². The summed E-state index contributed by atoms with van der Waals surface area (Å²) in [4.78, 5) is 27.5. The number of nitrogens with one attached hydrogen (secondary N) is 1. The molecule has 5 nitrogen and oxygen atoms in total. The first kappa shape index (κ1) is 21.6. The summed E-state index contributed by atoms with van der Waals surface area (Å²) in [5.74, 6) is -0.695. The van der Waals surface area contributed by atoms with Gasteiger partial charge in [-0.3, -0.25) is 14.5 Å². The van der Waals surface area contributed by atoms with E-state index in [9.17, 15) is 22.8 Å². The Morgan fingerprint density at radius 1 is 1.24 bits per heavy atom. The van der Waals surface area contributed by atoms with Gasteiger partial charge in [-0.05, 0) is 49.8 Å². The Labute approximate surface area is 168 Å². The van der Waals surface area contributed by atoms with Crippen molar-refractivity contribution >= 4 is 11.8 Å². The van der Waals surface area contributed by atoms with Crippen LogP contribution in [0.25, 0.3) is 0 Å². The van der Waals surface area contributed by atoms with Gasteiger partial charge in [0.2, 0.25) is 5.91 Å². The first-order valence-electron chi connectivity index (χ1n) is 10.1. The average Bonchev–Trinajstić information content (AvgIpc) is 3.04. The Balaban J connectivity index is 1.93. The van der Waals surface area contributed by atoms with E-state index in [0.717, 1.165) is 31.4 Å². The van der Waals surface area contributed by atoms with E-state index < -0.39 is 29.4 Å². The first-order valence-corrected chi connectivity index (χ1v) is 10.1. The Bertz CT molecular complexity index is 758. The summed E-state index contributed by atoms with van der Waals surface area (Å²) < 4.78 is 45.4. The largest absolute Gasteiger partial charge is 0.416 e. The number of carbonyl (C=O) groups excluding carboxylic acids is 2. The molecule has 3 rings (SSSR count).